The van der Waals surface area contributed by atoms with Crippen LogP contribution in [0.3, 0.4) is 0 Å². The SMILES string of the molecule is C[C@H](NC(=O)C1CCN(S(=O)(=O)c2c(Cl)cccc2Cl)CC1)c1ccc2c(c1)OCCO2. The molecule has 0 radical (unpaired) electrons. The van der Waals surface area contributed by atoms with E-state index in [-0.39, 0.29) is 45.9 Å². The number of ether oxygens (including phenoxy) is 2. The van der Waals surface area contributed by atoms with Gasteiger partial charge in [0.25, 0.3) is 0 Å². The smallest absolute Gasteiger partial charge is 0.246 e. The first-order valence-corrected chi connectivity index (χ1v) is 12.6. The third kappa shape index (κ3) is 4.69. The molecule has 0 aliphatic carbocycles. The van der Waals surface area contributed by atoms with E-state index in [9.17, 15) is 13.2 Å². The Balaban J connectivity index is 1.37. The van der Waals surface area contributed by atoms with Crippen molar-refractivity contribution in [2.75, 3.05) is 26.3 Å². The summed E-state index contributed by atoms with van der Waals surface area (Å²) >= 11 is 12.2. The molecule has 2 heterocycles. The molecule has 7 nitrogen and oxygen atoms in total. The minimum absolute atomic E-state index is 0.0848. The number of nitrogens with zero attached hydrogens (tertiary/aromatic N) is 1. The quantitative estimate of drug-likeness (QED) is 0.672. The Morgan fingerprint density at radius 1 is 1.06 bits per heavy atom. The van der Waals surface area contributed by atoms with E-state index < -0.39 is 10.0 Å². The van der Waals surface area contributed by atoms with Gasteiger partial charge in [-0.3, -0.25) is 4.79 Å². The predicted molar refractivity (Wildman–Crippen MR) is 122 cm³/mol. The molecule has 2 aliphatic rings. The van der Waals surface area contributed by atoms with Gasteiger partial charge in [-0.1, -0.05) is 35.3 Å². The molecule has 1 saturated heterocycles. The van der Waals surface area contributed by atoms with Crippen molar-refractivity contribution in [3.8, 4) is 11.5 Å². The fourth-order valence-electron chi connectivity index (χ4n) is 3.96. The van der Waals surface area contributed by atoms with Gasteiger partial charge in [0.1, 0.15) is 18.1 Å². The summed E-state index contributed by atoms with van der Waals surface area (Å²) < 4.78 is 38.5. The first-order valence-electron chi connectivity index (χ1n) is 10.4. The average molecular weight is 499 g/mol. The van der Waals surface area contributed by atoms with Crippen LogP contribution in [-0.2, 0) is 14.8 Å². The molecule has 1 fully saturated rings. The molecule has 1 N–H and O–H groups in total. The Morgan fingerprint density at radius 2 is 1.69 bits per heavy atom. The van der Waals surface area contributed by atoms with E-state index >= 15 is 0 Å². The fourth-order valence-corrected chi connectivity index (χ4v) is 6.52. The second-order valence-electron chi connectivity index (χ2n) is 7.86. The summed E-state index contributed by atoms with van der Waals surface area (Å²) in [6.07, 6.45) is 0.835. The predicted octanol–water partition coefficient (Wildman–Crippen LogP) is 4.04. The van der Waals surface area contributed by atoms with E-state index in [1.807, 2.05) is 25.1 Å². The zero-order chi connectivity index (χ0) is 22.9. The molecular weight excluding hydrogens is 475 g/mol. The van der Waals surface area contributed by atoms with Gasteiger partial charge in [-0.05, 0) is 49.6 Å². The number of rotatable bonds is 5. The van der Waals surface area contributed by atoms with Crippen LogP contribution < -0.4 is 14.8 Å². The molecule has 0 aromatic heterocycles. The molecule has 2 aliphatic heterocycles. The number of benzene rings is 2. The number of carbonyl (C=O) groups is 1. The zero-order valence-corrected chi connectivity index (χ0v) is 19.8. The van der Waals surface area contributed by atoms with Gasteiger partial charge >= 0.3 is 0 Å². The third-order valence-electron chi connectivity index (χ3n) is 5.77. The molecule has 32 heavy (non-hydrogen) atoms. The van der Waals surface area contributed by atoms with Crippen LogP contribution in [-0.4, -0.2) is 44.9 Å². The van der Waals surface area contributed by atoms with Crippen LogP contribution in [0.15, 0.2) is 41.3 Å². The summed E-state index contributed by atoms with van der Waals surface area (Å²) in [7, 11) is -3.84. The Kier molecular flexibility index (Phi) is 6.86. The van der Waals surface area contributed by atoms with Crippen molar-refractivity contribution in [1.82, 2.24) is 9.62 Å². The molecule has 0 spiro atoms. The number of sulfonamides is 1. The molecule has 10 heteroatoms. The van der Waals surface area contributed by atoms with Gasteiger partial charge in [-0.25, -0.2) is 8.42 Å². The molecular formula is C22H24Cl2N2O5S. The number of hydrogen-bond acceptors (Lipinski definition) is 5. The molecule has 0 bridgehead atoms. The van der Waals surface area contributed by atoms with Crippen molar-refractivity contribution >= 4 is 39.1 Å². The van der Waals surface area contributed by atoms with Crippen LogP contribution >= 0.6 is 23.2 Å². The number of hydrogen-bond donors (Lipinski definition) is 1. The lowest BCUT2D eigenvalue weighted by Gasteiger charge is -2.31. The van der Waals surface area contributed by atoms with E-state index in [2.05, 4.69) is 5.32 Å². The molecule has 1 amide bonds. The molecule has 0 saturated carbocycles. The molecule has 2 aromatic carbocycles. The normalized spacial score (nSPS) is 18.2. The second kappa shape index (κ2) is 9.47. The standard InChI is InChI=1S/C22H24Cl2N2O5S/c1-14(16-5-6-19-20(13-16)31-12-11-30-19)25-22(27)15-7-9-26(10-8-15)32(28,29)21-17(23)3-2-4-18(21)24/h2-6,13-15H,7-12H2,1H3,(H,25,27)/t14-/m0/s1. The largest absolute Gasteiger partial charge is 0.486 e. The van der Waals surface area contributed by atoms with Crippen LogP contribution in [0.2, 0.25) is 10.0 Å². The Morgan fingerprint density at radius 3 is 2.34 bits per heavy atom. The number of piperidine rings is 1. The van der Waals surface area contributed by atoms with E-state index in [1.54, 1.807) is 6.07 Å². The Bertz CT molecular complexity index is 1100. The van der Waals surface area contributed by atoms with Gasteiger partial charge in [0, 0.05) is 19.0 Å². The number of nitrogens with one attached hydrogen (secondary N) is 1. The molecule has 1 atom stereocenters. The number of fused-ring (bicyclic) bond motifs is 1. The lowest BCUT2D eigenvalue weighted by atomic mass is 9.96. The van der Waals surface area contributed by atoms with E-state index in [0.29, 0.717) is 37.6 Å². The monoisotopic (exact) mass is 498 g/mol. The summed E-state index contributed by atoms with van der Waals surface area (Å²) in [4.78, 5) is 12.7. The summed E-state index contributed by atoms with van der Waals surface area (Å²) in [6, 6.07) is 10.0. The molecule has 0 unspecified atom stereocenters. The third-order valence-corrected chi connectivity index (χ3v) is 8.62. The summed E-state index contributed by atoms with van der Waals surface area (Å²) in [5.74, 6) is 1.00. The maximum atomic E-state index is 13.0. The maximum absolute atomic E-state index is 13.0. The highest BCUT2D eigenvalue weighted by Gasteiger charge is 2.34. The summed E-state index contributed by atoms with van der Waals surface area (Å²) in [5, 5.41) is 3.21. The van der Waals surface area contributed by atoms with Crippen molar-refractivity contribution in [2.45, 2.75) is 30.7 Å². The minimum Gasteiger partial charge on any atom is -0.486 e. The van der Waals surface area contributed by atoms with Crippen LogP contribution in [0.25, 0.3) is 0 Å². The topological polar surface area (TPSA) is 84.9 Å². The average Bonchev–Trinajstić information content (AvgIpc) is 2.78. The van der Waals surface area contributed by atoms with Gasteiger partial charge < -0.3 is 14.8 Å². The highest BCUT2D eigenvalue weighted by Crippen LogP contribution is 2.34. The molecule has 2 aromatic rings. The van der Waals surface area contributed by atoms with Gasteiger partial charge in [-0.15, -0.1) is 0 Å². The Hall–Kier alpha value is -2.00. The molecule has 4 rings (SSSR count). The van der Waals surface area contributed by atoms with E-state index in [4.69, 9.17) is 32.7 Å². The van der Waals surface area contributed by atoms with Gasteiger partial charge in [0.2, 0.25) is 15.9 Å². The summed E-state index contributed by atoms with van der Waals surface area (Å²) in [5.41, 5.74) is 0.913. The first-order chi connectivity index (χ1) is 15.3. The number of halogens is 2. The van der Waals surface area contributed by atoms with Gasteiger partial charge in [-0.2, -0.15) is 4.31 Å². The van der Waals surface area contributed by atoms with E-state index in [1.165, 1.54) is 16.4 Å². The van der Waals surface area contributed by atoms with Crippen molar-refractivity contribution in [1.29, 1.82) is 0 Å². The van der Waals surface area contributed by atoms with Crippen LogP contribution in [0.4, 0.5) is 0 Å². The van der Waals surface area contributed by atoms with Crippen LogP contribution in [0.5, 0.6) is 11.5 Å². The Labute approximate surface area is 197 Å². The van der Waals surface area contributed by atoms with Gasteiger partial charge in [0.05, 0.1) is 16.1 Å². The number of carbonyl (C=O) groups excluding carboxylic acids is 1. The van der Waals surface area contributed by atoms with Crippen LogP contribution in [0.1, 0.15) is 31.4 Å². The van der Waals surface area contributed by atoms with E-state index in [0.717, 1.165) is 5.56 Å². The van der Waals surface area contributed by atoms with Crippen molar-refractivity contribution in [3.05, 3.63) is 52.0 Å². The fraction of sp³-hybridized carbons (Fsp3) is 0.409. The second-order valence-corrected chi connectivity index (χ2v) is 10.6. The minimum atomic E-state index is -3.84. The van der Waals surface area contributed by atoms with Crippen LogP contribution in [0, 0.1) is 5.92 Å². The highest BCUT2D eigenvalue weighted by molar-refractivity contribution is 7.89. The first kappa shape index (κ1) is 23.2. The lowest BCUT2D eigenvalue weighted by molar-refractivity contribution is -0.126. The lowest BCUT2D eigenvalue weighted by Crippen LogP contribution is -2.43. The van der Waals surface area contributed by atoms with Gasteiger partial charge in [0.15, 0.2) is 11.5 Å². The van der Waals surface area contributed by atoms with Crippen molar-refractivity contribution < 1.29 is 22.7 Å². The molecule has 172 valence electrons. The van der Waals surface area contributed by atoms with Crippen molar-refractivity contribution in [3.63, 3.8) is 0 Å². The summed E-state index contributed by atoms with van der Waals surface area (Å²) in [6.45, 7) is 3.37. The maximum Gasteiger partial charge on any atom is 0.246 e. The zero-order valence-electron chi connectivity index (χ0n) is 17.5. The van der Waals surface area contributed by atoms with Crippen molar-refractivity contribution in [2.24, 2.45) is 5.92 Å². The number of amides is 1. The highest BCUT2D eigenvalue weighted by atomic mass is 35.5.